The van der Waals surface area contributed by atoms with Crippen molar-refractivity contribution in [3.05, 3.63) is 18.2 Å². The maximum Gasteiger partial charge on any atom is 0.320 e. The number of carboxylic acids is 1. The van der Waals surface area contributed by atoms with Gasteiger partial charge in [0.2, 0.25) is 0 Å². The molecule has 1 heterocycles. The van der Waals surface area contributed by atoms with Gasteiger partial charge in [0, 0.05) is 25.4 Å². The highest BCUT2D eigenvalue weighted by molar-refractivity contribution is 5.73. The lowest BCUT2D eigenvalue weighted by atomic mass is 10.2. The van der Waals surface area contributed by atoms with Crippen LogP contribution in [0.3, 0.4) is 0 Å². The summed E-state index contributed by atoms with van der Waals surface area (Å²) in [6.45, 7) is 2.75. The molecule has 0 aliphatic rings. The minimum atomic E-state index is -0.995. The van der Waals surface area contributed by atoms with Gasteiger partial charge in [-0.1, -0.05) is 0 Å². The van der Waals surface area contributed by atoms with Gasteiger partial charge in [0.1, 0.15) is 11.9 Å². The zero-order valence-corrected chi connectivity index (χ0v) is 7.47. The molecular formula is C8H13N3O2. The summed E-state index contributed by atoms with van der Waals surface area (Å²) in [5.41, 5.74) is 5.38. The normalized spacial score (nSPS) is 12.8. The van der Waals surface area contributed by atoms with Crippen molar-refractivity contribution in [2.75, 3.05) is 0 Å². The quantitative estimate of drug-likeness (QED) is 0.680. The molecule has 1 unspecified atom stereocenters. The molecule has 5 nitrogen and oxygen atoms in total. The Morgan fingerprint density at radius 2 is 2.54 bits per heavy atom. The maximum absolute atomic E-state index is 10.5. The van der Waals surface area contributed by atoms with Crippen molar-refractivity contribution in [3.63, 3.8) is 0 Å². The zero-order chi connectivity index (χ0) is 9.84. The van der Waals surface area contributed by atoms with Crippen LogP contribution in [0.25, 0.3) is 0 Å². The molecule has 1 rings (SSSR count). The van der Waals surface area contributed by atoms with Crippen LogP contribution in [0.5, 0.6) is 0 Å². The van der Waals surface area contributed by atoms with Crippen LogP contribution < -0.4 is 5.73 Å². The molecule has 72 valence electrons. The molecule has 1 aromatic heterocycles. The molecule has 0 saturated carbocycles. The topological polar surface area (TPSA) is 81.1 Å². The van der Waals surface area contributed by atoms with Crippen molar-refractivity contribution >= 4 is 5.97 Å². The molecule has 0 bridgehead atoms. The maximum atomic E-state index is 10.5. The lowest BCUT2D eigenvalue weighted by molar-refractivity contribution is -0.138. The summed E-state index contributed by atoms with van der Waals surface area (Å²) in [4.78, 5) is 14.5. The lowest BCUT2D eigenvalue weighted by Gasteiger charge is -2.07. The minimum absolute atomic E-state index is 0.274. The van der Waals surface area contributed by atoms with Gasteiger partial charge in [0.25, 0.3) is 0 Å². The van der Waals surface area contributed by atoms with Gasteiger partial charge in [0.05, 0.1) is 0 Å². The van der Waals surface area contributed by atoms with Crippen molar-refractivity contribution in [1.29, 1.82) is 0 Å². The van der Waals surface area contributed by atoms with Gasteiger partial charge in [-0.2, -0.15) is 0 Å². The van der Waals surface area contributed by atoms with E-state index in [0.717, 1.165) is 12.4 Å². The van der Waals surface area contributed by atoms with Crippen LogP contribution in [0.4, 0.5) is 0 Å². The number of carbonyl (C=O) groups is 1. The first-order valence-corrected chi connectivity index (χ1v) is 4.13. The number of aromatic nitrogens is 2. The highest BCUT2D eigenvalue weighted by atomic mass is 16.4. The van der Waals surface area contributed by atoms with E-state index in [1.54, 1.807) is 6.20 Å². The number of nitrogens with two attached hydrogens (primary N) is 1. The largest absolute Gasteiger partial charge is 0.480 e. The highest BCUT2D eigenvalue weighted by Crippen LogP contribution is 2.00. The summed E-state index contributed by atoms with van der Waals surface area (Å²) in [5.74, 6) is -0.275. The second-order valence-corrected chi connectivity index (χ2v) is 2.78. The second-order valence-electron chi connectivity index (χ2n) is 2.78. The third kappa shape index (κ3) is 2.29. The summed E-state index contributed by atoms with van der Waals surface area (Å²) < 4.78 is 1.88. The fourth-order valence-electron chi connectivity index (χ4n) is 1.10. The third-order valence-corrected chi connectivity index (χ3v) is 1.86. The smallest absolute Gasteiger partial charge is 0.320 e. The van der Waals surface area contributed by atoms with E-state index in [2.05, 4.69) is 4.98 Å². The fourth-order valence-corrected chi connectivity index (χ4v) is 1.10. The van der Waals surface area contributed by atoms with Crippen LogP contribution in [0, 0.1) is 0 Å². The predicted octanol–water partition coefficient (Wildman–Crippen LogP) is -0.143. The molecule has 0 aromatic carbocycles. The van der Waals surface area contributed by atoms with E-state index in [1.807, 2.05) is 17.7 Å². The Labute approximate surface area is 76.2 Å². The Bertz CT molecular complexity index is 295. The molecule has 0 amide bonds. The Hall–Kier alpha value is -1.36. The number of imidazole rings is 1. The summed E-state index contributed by atoms with van der Waals surface area (Å²) >= 11 is 0. The van der Waals surface area contributed by atoms with Gasteiger partial charge in [-0.05, 0) is 6.92 Å². The number of aryl methyl sites for hydroxylation is 1. The van der Waals surface area contributed by atoms with Gasteiger partial charge in [0.15, 0.2) is 0 Å². The Morgan fingerprint density at radius 1 is 1.85 bits per heavy atom. The molecule has 5 heteroatoms. The SMILES string of the molecule is CCn1ccnc1CC(N)C(=O)O. The zero-order valence-electron chi connectivity index (χ0n) is 7.47. The average molecular weight is 183 g/mol. The van der Waals surface area contributed by atoms with Crippen LogP contribution in [-0.4, -0.2) is 26.7 Å². The summed E-state index contributed by atoms with van der Waals surface area (Å²) in [6.07, 6.45) is 3.73. The predicted molar refractivity (Wildman–Crippen MR) is 47.2 cm³/mol. The first-order chi connectivity index (χ1) is 6.15. The van der Waals surface area contributed by atoms with Crippen LogP contribution in [0.2, 0.25) is 0 Å². The van der Waals surface area contributed by atoms with E-state index in [-0.39, 0.29) is 6.42 Å². The third-order valence-electron chi connectivity index (χ3n) is 1.86. The highest BCUT2D eigenvalue weighted by Gasteiger charge is 2.14. The van der Waals surface area contributed by atoms with Crippen LogP contribution in [-0.2, 0) is 17.8 Å². The van der Waals surface area contributed by atoms with Crippen LogP contribution in [0.15, 0.2) is 12.4 Å². The molecule has 0 radical (unpaired) electrons. The van der Waals surface area contributed by atoms with E-state index in [9.17, 15) is 4.79 Å². The molecule has 0 saturated heterocycles. The molecule has 0 spiro atoms. The number of carboxylic acid groups (broad SMARTS) is 1. The van der Waals surface area contributed by atoms with E-state index in [0.29, 0.717) is 0 Å². The monoisotopic (exact) mass is 183 g/mol. The molecule has 1 aromatic rings. The summed E-state index contributed by atoms with van der Waals surface area (Å²) in [5, 5.41) is 8.58. The van der Waals surface area contributed by atoms with Gasteiger partial charge in [-0.25, -0.2) is 4.98 Å². The first kappa shape index (κ1) is 9.73. The van der Waals surface area contributed by atoms with Crippen molar-refractivity contribution in [2.24, 2.45) is 5.73 Å². The molecule has 1 atom stereocenters. The van der Waals surface area contributed by atoms with Gasteiger partial charge in [-0.15, -0.1) is 0 Å². The fraction of sp³-hybridized carbons (Fsp3) is 0.500. The molecule has 0 aliphatic heterocycles. The summed E-state index contributed by atoms with van der Waals surface area (Å²) in [6, 6.07) is -0.868. The van der Waals surface area contributed by atoms with Crippen molar-refractivity contribution in [1.82, 2.24) is 9.55 Å². The molecule has 0 aliphatic carbocycles. The Morgan fingerprint density at radius 3 is 3.08 bits per heavy atom. The summed E-state index contributed by atoms with van der Waals surface area (Å²) in [7, 11) is 0. The van der Waals surface area contributed by atoms with Crippen molar-refractivity contribution < 1.29 is 9.90 Å². The number of hydrogen-bond donors (Lipinski definition) is 2. The van der Waals surface area contributed by atoms with E-state index >= 15 is 0 Å². The van der Waals surface area contributed by atoms with Gasteiger partial charge in [-0.3, -0.25) is 4.79 Å². The number of nitrogens with zero attached hydrogens (tertiary/aromatic N) is 2. The number of aliphatic carboxylic acids is 1. The van der Waals surface area contributed by atoms with E-state index < -0.39 is 12.0 Å². The van der Waals surface area contributed by atoms with Gasteiger partial charge < -0.3 is 15.4 Å². The van der Waals surface area contributed by atoms with Crippen molar-refractivity contribution in [3.8, 4) is 0 Å². The minimum Gasteiger partial charge on any atom is -0.480 e. The molecular weight excluding hydrogens is 170 g/mol. The van der Waals surface area contributed by atoms with Crippen LogP contribution >= 0.6 is 0 Å². The molecule has 13 heavy (non-hydrogen) atoms. The Kier molecular flexibility index (Phi) is 3.02. The van der Waals surface area contributed by atoms with E-state index in [4.69, 9.17) is 10.8 Å². The number of hydrogen-bond acceptors (Lipinski definition) is 3. The van der Waals surface area contributed by atoms with Gasteiger partial charge >= 0.3 is 5.97 Å². The lowest BCUT2D eigenvalue weighted by Crippen LogP contribution is -2.33. The molecule has 3 N–H and O–H groups in total. The Balaban J connectivity index is 2.68. The second kappa shape index (κ2) is 4.04. The van der Waals surface area contributed by atoms with E-state index in [1.165, 1.54) is 0 Å². The first-order valence-electron chi connectivity index (χ1n) is 4.13. The van der Waals surface area contributed by atoms with Crippen LogP contribution in [0.1, 0.15) is 12.7 Å². The average Bonchev–Trinajstić information content (AvgIpc) is 2.51. The standard InChI is InChI=1S/C8H13N3O2/c1-2-11-4-3-10-7(11)5-6(9)8(12)13/h3-4,6H,2,5,9H2,1H3,(H,12,13). The van der Waals surface area contributed by atoms with Crippen molar-refractivity contribution in [2.45, 2.75) is 25.9 Å². The number of rotatable bonds is 4. The molecule has 0 fully saturated rings.